The maximum atomic E-state index is 12.6. The quantitative estimate of drug-likeness (QED) is 0.743. The number of rotatable bonds is 6. The van der Waals surface area contributed by atoms with Crippen LogP contribution in [0.5, 0.6) is 0 Å². The van der Waals surface area contributed by atoms with Crippen molar-refractivity contribution >= 4 is 16.7 Å². The predicted octanol–water partition coefficient (Wildman–Crippen LogP) is 3.92. The van der Waals surface area contributed by atoms with Gasteiger partial charge < -0.3 is 4.90 Å². The highest BCUT2D eigenvalue weighted by molar-refractivity contribution is 5.85. The van der Waals surface area contributed by atoms with Crippen LogP contribution in [-0.2, 0) is 12.8 Å². The number of benzene rings is 2. The lowest BCUT2D eigenvalue weighted by atomic mass is 9.98. The molecule has 1 aromatic heterocycles. The zero-order valence-electron chi connectivity index (χ0n) is 15.2. The Hall–Kier alpha value is -2.62. The first kappa shape index (κ1) is 17.2. The van der Waals surface area contributed by atoms with Gasteiger partial charge in [0.25, 0.3) is 5.56 Å². The lowest BCUT2D eigenvalue weighted by Crippen LogP contribution is -2.29. The molecule has 0 fully saturated rings. The summed E-state index contributed by atoms with van der Waals surface area (Å²) < 4.78 is 0. The van der Waals surface area contributed by atoms with Gasteiger partial charge in [0.2, 0.25) is 5.95 Å². The molecule has 0 spiro atoms. The first-order valence-electron chi connectivity index (χ1n) is 9.01. The molecule has 0 atom stereocenters. The lowest BCUT2D eigenvalue weighted by Gasteiger charge is -2.20. The monoisotopic (exact) mass is 335 g/mol. The second-order valence-electron chi connectivity index (χ2n) is 6.16. The molecule has 1 heterocycles. The number of anilines is 1. The van der Waals surface area contributed by atoms with Gasteiger partial charge in [-0.3, -0.25) is 9.78 Å². The third-order valence-corrected chi connectivity index (χ3v) is 4.74. The van der Waals surface area contributed by atoms with Gasteiger partial charge >= 0.3 is 0 Å². The summed E-state index contributed by atoms with van der Waals surface area (Å²) in [6.07, 6.45) is 1.35. The first-order chi connectivity index (χ1) is 12.2. The number of fused-ring (bicyclic) bond motifs is 1. The van der Waals surface area contributed by atoms with Crippen LogP contribution >= 0.6 is 0 Å². The molecule has 130 valence electrons. The normalized spacial score (nSPS) is 11.0. The van der Waals surface area contributed by atoms with Gasteiger partial charge in [-0.2, -0.15) is 0 Å². The largest absolute Gasteiger partial charge is 0.343 e. The Balaban J connectivity index is 2.10. The Morgan fingerprint density at radius 1 is 1.00 bits per heavy atom. The first-order valence-corrected chi connectivity index (χ1v) is 9.01. The molecule has 1 N–H and O–H groups in total. The fourth-order valence-corrected chi connectivity index (χ4v) is 3.34. The molecular formula is C21H25N3O. The molecule has 3 aromatic rings. The van der Waals surface area contributed by atoms with E-state index in [9.17, 15) is 4.79 Å². The number of nitrogens with one attached hydrogen (secondary N) is 1. The van der Waals surface area contributed by atoms with Crippen LogP contribution in [0.2, 0.25) is 0 Å². The topological polar surface area (TPSA) is 49.0 Å². The van der Waals surface area contributed by atoms with E-state index in [2.05, 4.69) is 60.1 Å². The summed E-state index contributed by atoms with van der Waals surface area (Å²) >= 11 is 0. The number of aromatic nitrogens is 2. The molecule has 0 bridgehead atoms. The van der Waals surface area contributed by atoms with E-state index < -0.39 is 0 Å². The maximum absolute atomic E-state index is 12.6. The average molecular weight is 335 g/mol. The molecule has 0 aliphatic rings. The Labute approximate surface area is 148 Å². The number of hydrogen-bond donors (Lipinski definition) is 1. The Bertz CT molecular complexity index is 921. The van der Waals surface area contributed by atoms with Crippen molar-refractivity contribution in [2.45, 2.75) is 33.6 Å². The van der Waals surface area contributed by atoms with E-state index in [1.54, 1.807) is 0 Å². The molecule has 0 aliphatic heterocycles. The van der Waals surface area contributed by atoms with Crippen LogP contribution in [0.1, 0.15) is 37.6 Å². The number of nitrogens with zero attached hydrogens (tertiary/aromatic N) is 2. The van der Waals surface area contributed by atoms with Gasteiger partial charge in [0, 0.05) is 25.1 Å². The molecule has 4 heteroatoms. The third kappa shape index (κ3) is 3.43. The summed E-state index contributed by atoms with van der Waals surface area (Å²) in [5, 5.41) is 2.44. The highest BCUT2D eigenvalue weighted by atomic mass is 16.1. The molecule has 0 amide bonds. The lowest BCUT2D eigenvalue weighted by molar-refractivity contribution is 0.796. The second-order valence-corrected chi connectivity index (χ2v) is 6.16. The summed E-state index contributed by atoms with van der Waals surface area (Å²) in [7, 11) is 0. The summed E-state index contributed by atoms with van der Waals surface area (Å²) in [5.41, 5.74) is 2.85. The number of hydrogen-bond acceptors (Lipinski definition) is 3. The fraction of sp³-hybridized carbons (Fsp3) is 0.333. The molecule has 0 saturated carbocycles. The van der Waals surface area contributed by atoms with Crippen molar-refractivity contribution in [2.24, 2.45) is 0 Å². The molecule has 2 aromatic carbocycles. The highest BCUT2D eigenvalue weighted by Gasteiger charge is 2.14. The summed E-state index contributed by atoms with van der Waals surface area (Å²) in [4.78, 5) is 22.4. The van der Waals surface area contributed by atoms with E-state index in [4.69, 9.17) is 4.98 Å². The fourth-order valence-electron chi connectivity index (χ4n) is 3.34. The van der Waals surface area contributed by atoms with Gasteiger partial charge in [0.15, 0.2) is 0 Å². The van der Waals surface area contributed by atoms with Gasteiger partial charge in [-0.1, -0.05) is 49.4 Å². The van der Waals surface area contributed by atoms with Crippen LogP contribution < -0.4 is 10.5 Å². The Kier molecular flexibility index (Phi) is 5.17. The van der Waals surface area contributed by atoms with Crippen LogP contribution in [0, 0.1) is 0 Å². The van der Waals surface area contributed by atoms with Gasteiger partial charge in [0.1, 0.15) is 0 Å². The average Bonchev–Trinajstić information content (AvgIpc) is 2.63. The van der Waals surface area contributed by atoms with Gasteiger partial charge in [0.05, 0.1) is 5.69 Å². The minimum absolute atomic E-state index is 0.0189. The predicted molar refractivity (Wildman–Crippen MR) is 105 cm³/mol. The van der Waals surface area contributed by atoms with E-state index in [0.29, 0.717) is 18.8 Å². The SMILES string of the molecule is CCc1c(Cc2cccc3ccccc23)nc(N(CC)CC)[nH]c1=O. The number of aromatic amines is 1. The van der Waals surface area contributed by atoms with Crippen LogP contribution in [0.15, 0.2) is 47.3 Å². The van der Waals surface area contributed by atoms with Gasteiger partial charge in [-0.05, 0) is 36.6 Å². The van der Waals surface area contributed by atoms with Crippen LogP contribution in [0.4, 0.5) is 5.95 Å². The minimum Gasteiger partial charge on any atom is -0.343 e. The standard InChI is InChI=1S/C21H25N3O/c1-4-17-19(22-21(23-20(17)25)24(5-2)6-3)14-16-12-9-11-15-10-7-8-13-18(15)16/h7-13H,4-6,14H2,1-3H3,(H,22,23,25). The highest BCUT2D eigenvalue weighted by Crippen LogP contribution is 2.22. The summed E-state index contributed by atoms with van der Waals surface area (Å²) in [6, 6.07) is 14.7. The number of H-pyrrole nitrogens is 1. The van der Waals surface area contributed by atoms with Crippen molar-refractivity contribution in [3.63, 3.8) is 0 Å². The van der Waals surface area contributed by atoms with E-state index in [-0.39, 0.29) is 5.56 Å². The Morgan fingerprint density at radius 2 is 1.72 bits per heavy atom. The van der Waals surface area contributed by atoms with Crippen molar-refractivity contribution in [1.29, 1.82) is 0 Å². The van der Waals surface area contributed by atoms with Crippen molar-refractivity contribution in [2.75, 3.05) is 18.0 Å². The van der Waals surface area contributed by atoms with E-state index in [1.807, 2.05) is 13.0 Å². The van der Waals surface area contributed by atoms with Gasteiger partial charge in [-0.15, -0.1) is 0 Å². The Morgan fingerprint density at radius 3 is 2.44 bits per heavy atom. The summed E-state index contributed by atoms with van der Waals surface area (Å²) in [6.45, 7) is 7.79. The minimum atomic E-state index is -0.0189. The zero-order valence-corrected chi connectivity index (χ0v) is 15.2. The summed E-state index contributed by atoms with van der Waals surface area (Å²) in [5.74, 6) is 0.669. The van der Waals surface area contributed by atoms with E-state index >= 15 is 0 Å². The third-order valence-electron chi connectivity index (χ3n) is 4.74. The second kappa shape index (κ2) is 7.51. The molecule has 0 unspecified atom stereocenters. The van der Waals surface area contributed by atoms with Crippen molar-refractivity contribution in [1.82, 2.24) is 9.97 Å². The van der Waals surface area contributed by atoms with Crippen molar-refractivity contribution in [3.8, 4) is 0 Å². The maximum Gasteiger partial charge on any atom is 0.255 e. The van der Waals surface area contributed by atoms with Crippen LogP contribution in [0.25, 0.3) is 10.8 Å². The van der Waals surface area contributed by atoms with Crippen molar-refractivity contribution < 1.29 is 0 Å². The van der Waals surface area contributed by atoms with E-state index in [1.165, 1.54) is 16.3 Å². The van der Waals surface area contributed by atoms with E-state index in [0.717, 1.165) is 24.3 Å². The molecule has 0 aliphatic carbocycles. The molecule has 0 saturated heterocycles. The molecular weight excluding hydrogens is 310 g/mol. The van der Waals surface area contributed by atoms with Crippen LogP contribution in [0.3, 0.4) is 0 Å². The van der Waals surface area contributed by atoms with Gasteiger partial charge in [-0.25, -0.2) is 4.98 Å². The molecule has 4 nitrogen and oxygen atoms in total. The molecule has 25 heavy (non-hydrogen) atoms. The molecule has 0 radical (unpaired) electrons. The molecule has 3 rings (SSSR count). The smallest absolute Gasteiger partial charge is 0.255 e. The zero-order chi connectivity index (χ0) is 17.8. The van der Waals surface area contributed by atoms with Crippen molar-refractivity contribution in [3.05, 3.63) is 69.6 Å². The van der Waals surface area contributed by atoms with Crippen LogP contribution in [-0.4, -0.2) is 23.1 Å².